The van der Waals surface area contributed by atoms with Crippen LogP contribution in [0, 0.1) is 22.7 Å². The van der Waals surface area contributed by atoms with E-state index in [9.17, 15) is 18.3 Å². The molecule has 0 spiro atoms. The molecule has 0 saturated heterocycles. The molecule has 2 N–H and O–H groups in total. The molecule has 172 valence electrons. The monoisotopic (exact) mass is 471 g/mol. The first kappa shape index (κ1) is 23.4. The molecule has 1 atom stereocenters. The van der Waals surface area contributed by atoms with Gasteiger partial charge in [0.05, 0.1) is 34.5 Å². The van der Waals surface area contributed by atoms with Crippen LogP contribution in [0.4, 0.5) is 24.8 Å². The third-order valence-electron chi connectivity index (χ3n) is 5.23. The molecular formula is C26H16F3N5O. The van der Waals surface area contributed by atoms with Gasteiger partial charge in [-0.2, -0.15) is 23.7 Å². The van der Waals surface area contributed by atoms with Crippen LogP contribution in [0.15, 0.2) is 79.0 Å². The second kappa shape index (κ2) is 9.64. The van der Waals surface area contributed by atoms with Gasteiger partial charge in [0.1, 0.15) is 6.10 Å². The van der Waals surface area contributed by atoms with Crippen molar-refractivity contribution in [3.05, 3.63) is 107 Å². The number of aliphatic hydroxyl groups excluding tert-OH is 1. The van der Waals surface area contributed by atoms with E-state index in [4.69, 9.17) is 10.5 Å². The van der Waals surface area contributed by atoms with Gasteiger partial charge in [-0.3, -0.25) is 0 Å². The van der Waals surface area contributed by atoms with Crippen molar-refractivity contribution in [3.8, 4) is 23.3 Å². The number of aliphatic hydroxyl groups is 1. The van der Waals surface area contributed by atoms with Crippen LogP contribution in [-0.2, 0) is 6.18 Å². The van der Waals surface area contributed by atoms with Gasteiger partial charge in [0.25, 0.3) is 0 Å². The standard InChI is InChI=1S/C26H16F3N5O/c27-26(28,29)22-13-19(18-5-1-16(14-30)2-6-18)7-10-21(22)24(35)23-11-12-32-25(34-23)33-20-8-3-17(15-31)4-9-20/h1-13,24,35H,(H,32,33,34)/t24-/m0/s1. The molecule has 0 amide bonds. The van der Waals surface area contributed by atoms with E-state index in [1.54, 1.807) is 36.4 Å². The Hall–Kier alpha value is -4.73. The fourth-order valence-corrected chi connectivity index (χ4v) is 3.46. The van der Waals surface area contributed by atoms with Crippen LogP contribution >= 0.6 is 0 Å². The molecular weight excluding hydrogens is 455 g/mol. The zero-order chi connectivity index (χ0) is 25.0. The van der Waals surface area contributed by atoms with Crippen molar-refractivity contribution < 1.29 is 18.3 Å². The predicted octanol–water partition coefficient (Wildman–Crippen LogP) is 5.73. The van der Waals surface area contributed by atoms with Crippen LogP contribution in [0.2, 0.25) is 0 Å². The number of nitrogens with zero attached hydrogens (tertiary/aromatic N) is 4. The highest BCUT2D eigenvalue weighted by atomic mass is 19.4. The van der Waals surface area contributed by atoms with Crippen molar-refractivity contribution in [1.82, 2.24) is 9.97 Å². The van der Waals surface area contributed by atoms with Crippen molar-refractivity contribution in [2.24, 2.45) is 0 Å². The number of hydrogen-bond donors (Lipinski definition) is 2. The van der Waals surface area contributed by atoms with Crippen LogP contribution in [0.3, 0.4) is 0 Å². The third-order valence-corrected chi connectivity index (χ3v) is 5.23. The molecule has 0 unspecified atom stereocenters. The summed E-state index contributed by atoms with van der Waals surface area (Å²) in [7, 11) is 0. The van der Waals surface area contributed by atoms with Gasteiger partial charge in [-0.15, -0.1) is 0 Å². The molecule has 1 aromatic heterocycles. The summed E-state index contributed by atoms with van der Waals surface area (Å²) in [4.78, 5) is 8.22. The molecule has 0 radical (unpaired) electrons. The normalized spacial score (nSPS) is 11.8. The fourth-order valence-electron chi connectivity index (χ4n) is 3.46. The molecule has 0 aliphatic carbocycles. The maximum absolute atomic E-state index is 13.9. The minimum atomic E-state index is -4.73. The van der Waals surface area contributed by atoms with Crippen LogP contribution in [0.25, 0.3) is 11.1 Å². The quantitative estimate of drug-likeness (QED) is 0.385. The number of nitriles is 2. The number of halogens is 3. The Balaban J connectivity index is 1.66. The molecule has 1 heterocycles. The van der Waals surface area contributed by atoms with Gasteiger partial charge >= 0.3 is 6.18 Å². The Morgan fingerprint density at radius 3 is 2.03 bits per heavy atom. The summed E-state index contributed by atoms with van der Waals surface area (Å²) in [5.74, 6) is 0.0778. The summed E-state index contributed by atoms with van der Waals surface area (Å²) in [5.41, 5.74) is 0.863. The second-order valence-corrected chi connectivity index (χ2v) is 7.51. The van der Waals surface area contributed by atoms with Gasteiger partial charge in [-0.05, 0) is 65.2 Å². The number of aromatic nitrogens is 2. The largest absolute Gasteiger partial charge is 0.416 e. The molecule has 0 aliphatic heterocycles. The van der Waals surface area contributed by atoms with Gasteiger partial charge in [0.2, 0.25) is 5.95 Å². The Morgan fingerprint density at radius 1 is 0.829 bits per heavy atom. The Morgan fingerprint density at radius 2 is 1.43 bits per heavy atom. The molecule has 35 heavy (non-hydrogen) atoms. The van der Waals surface area contributed by atoms with Crippen molar-refractivity contribution in [3.63, 3.8) is 0 Å². The Bertz CT molecular complexity index is 1440. The van der Waals surface area contributed by atoms with E-state index in [1.807, 2.05) is 12.1 Å². The number of benzene rings is 3. The number of hydrogen-bond acceptors (Lipinski definition) is 6. The van der Waals surface area contributed by atoms with Gasteiger partial charge in [-0.1, -0.05) is 24.3 Å². The van der Waals surface area contributed by atoms with Crippen molar-refractivity contribution >= 4 is 11.6 Å². The van der Waals surface area contributed by atoms with Crippen molar-refractivity contribution in [2.45, 2.75) is 12.3 Å². The lowest BCUT2D eigenvalue weighted by Gasteiger charge is -2.19. The molecule has 3 aromatic carbocycles. The number of rotatable bonds is 5. The lowest BCUT2D eigenvalue weighted by molar-refractivity contribution is -0.138. The average molecular weight is 471 g/mol. The summed E-state index contributed by atoms with van der Waals surface area (Å²) < 4.78 is 41.8. The molecule has 9 heteroatoms. The highest BCUT2D eigenvalue weighted by Crippen LogP contribution is 2.39. The van der Waals surface area contributed by atoms with Gasteiger partial charge in [0.15, 0.2) is 0 Å². The Labute approximate surface area is 198 Å². The average Bonchev–Trinajstić information content (AvgIpc) is 2.88. The number of nitrogens with one attached hydrogen (secondary N) is 1. The Kier molecular flexibility index (Phi) is 6.45. The van der Waals surface area contributed by atoms with E-state index in [-0.39, 0.29) is 17.2 Å². The van der Waals surface area contributed by atoms with E-state index < -0.39 is 17.8 Å². The maximum atomic E-state index is 13.9. The first-order chi connectivity index (χ1) is 16.8. The van der Waals surface area contributed by atoms with Gasteiger partial charge < -0.3 is 10.4 Å². The molecule has 0 aliphatic rings. The lowest BCUT2D eigenvalue weighted by Crippen LogP contribution is -2.14. The minimum absolute atomic E-state index is 0.0206. The van der Waals surface area contributed by atoms with Crippen LogP contribution in [0.5, 0.6) is 0 Å². The van der Waals surface area contributed by atoms with E-state index in [2.05, 4.69) is 15.3 Å². The zero-order valence-corrected chi connectivity index (χ0v) is 18.0. The first-order valence-electron chi connectivity index (χ1n) is 10.3. The van der Waals surface area contributed by atoms with E-state index in [0.717, 1.165) is 6.07 Å². The van der Waals surface area contributed by atoms with Gasteiger partial charge in [-0.25, -0.2) is 9.97 Å². The minimum Gasteiger partial charge on any atom is -0.382 e. The molecule has 4 aromatic rings. The second-order valence-electron chi connectivity index (χ2n) is 7.51. The van der Waals surface area contributed by atoms with Crippen LogP contribution in [0.1, 0.15) is 34.1 Å². The summed E-state index contributed by atoms with van der Waals surface area (Å²) in [5, 5.41) is 31.6. The topological polar surface area (TPSA) is 106 Å². The summed E-state index contributed by atoms with van der Waals surface area (Å²) in [6, 6.07) is 21.6. The fraction of sp³-hybridized carbons (Fsp3) is 0.0769. The van der Waals surface area contributed by atoms with Gasteiger partial charge in [0, 0.05) is 11.9 Å². The van der Waals surface area contributed by atoms with Crippen molar-refractivity contribution in [1.29, 1.82) is 10.5 Å². The molecule has 6 nitrogen and oxygen atoms in total. The predicted molar refractivity (Wildman–Crippen MR) is 122 cm³/mol. The molecule has 0 bridgehead atoms. The highest BCUT2D eigenvalue weighted by Gasteiger charge is 2.36. The SMILES string of the molecule is N#Cc1ccc(Nc2nccc([C@@H](O)c3ccc(-c4ccc(C#N)cc4)cc3C(F)(F)F)n2)cc1. The first-order valence-corrected chi connectivity index (χ1v) is 10.3. The number of alkyl halides is 3. The summed E-state index contributed by atoms with van der Waals surface area (Å²) in [6.07, 6.45) is -5.06. The third kappa shape index (κ3) is 5.27. The van der Waals surface area contributed by atoms with E-state index >= 15 is 0 Å². The summed E-state index contributed by atoms with van der Waals surface area (Å²) >= 11 is 0. The van der Waals surface area contributed by atoms with Crippen molar-refractivity contribution in [2.75, 3.05) is 5.32 Å². The molecule has 4 rings (SSSR count). The smallest absolute Gasteiger partial charge is 0.382 e. The van der Waals surface area contributed by atoms with E-state index in [0.29, 0.717) is 27.9 Å². The molecule has 0 saturated carbocycles. The van der Waals surface area contributed by atoms with Crippen LogP contribution in [-0.4, -0.2) is 15.1 Å². The highest BCUT2D eigenvalue weighted by molar-refractivity contribution is 5.66. The zero-order valence-electron chi connectivity index (χ0n) is 18.0. The summed E-state index contributed by atoms with van der Waals surface area (Å²) in [6.45, 7) is 0. The lowest BCUT2D eigenvalue weighted by atomic mass is 9.94. The molecule has 0 fully saturated rings. The van der Waals surface area contributed by atoms with Crippen LogP contribution < -0.4 is 5.32 Å². The maximum Gasteiger partial charge on any atom is 0.416 e. The number of anilines is 2. The van der Waals surface area contributed by atoms with E-state index in [1.165, 1.54) is 36.5 Å².